The SMILES string of the molecule is NCCCCC(NC(=O)C(Cc1c[nH]c2ccccc12)NC(=O)C(CO)NC(=O)C(N)CO)C(=O)O. The second kappa shape index (κ2) is 14.1. The molecule has 13 heteroatoms. The van der Waals surface area contributed by atoms with Crippen molar-refractivity contribution in [1.82, 2.24) is 20.9 Å². The first-order valence-electron chi connectivity index (χ1n) is 11.6. The number of H-pyrrole nitrogens is 1. The number of aromatic nitrogens is 1. The number of rotatable bonds is 15. The molecule has 2 rings (SSSR count). The largest absolute Gasteiger partial charge is 0.480 e. The first-order chi connectivity index (χ1) is 17.2. The maximum Gasteiger partial charge on any atom is 0.326 e. The number of unbranched alkanes of at least 4 members (excludes halogenated alkanes) is 1. The summed E-state index contributed by atoms with van der Waals surface area (Å²) in [4.78, 5) is 52.7. The lowest BCUT2D eigenvalue weighted by molar-refractivity contribution is -0.142. The highest BCUT2D eigenvalue weighted by atomic mass is 16.4. The smallest absolute Gasteiger partial charge is 0.326 e. The van der Waals surface area contributed by atoms with E-state index in [-0.39, 0.29) is 12.8 Å². The van der Waals surface area contributed by atoms with Crippen LogP contribution in [-0.2, 0) is 25.6 Å². The van der Waals surface area contributed by atoms with E-state index in [1.165, 1.54) is 0 Å². The van der Waals surface area contributed by atoms with E-state index in [9.17, 15) is 29.4 Å². The predicted molar refractivity (Wildman–Crippen MR) is 130 cm³/mol. The van der Waals surface area contributed by atoms with Crippen molar-refractivity contribution < 1.29 is 34.5 Å². The van der Waals surface area contributed by atoms with E-state index in [0.29, 0.717) is 24.9 Å². The number of amides is 3. The van der Waals surface area contributed by atoms with Gasteiger partial charge in [-0.3, -0.25) is 14.4 Å². The van der Waals surface area contributed by atoms with E-state index in [4.69, 9.17) is 16.6 Å². The fourth-order valence-corrected chi connectivity index (χ4v) is 3.58. The molecule has 1 aromatic heterocycles. The van der Waals surface area contributed by atoms with Crippen LogP contribution in [0.25, 0.3) is 10.9 Å². The summed E-state index contributed by atoms with van der Waals surface area (Å²) in [6, 6.07) is 2.14. The number of aromatic amines is 1. The van der Waals surface area contributed by atoms with Crippen LogP contribution in [0.1, 0.15) is 24.8 Å². The topological polar surface area (TPSA) is 233 Å². The van der Waals surface area contributed by atoms with Crippen molar-refractivity contribution in [2.45, 2.75) is 49.9 Å². The second-order valence-corrected chi connectivity index (χ2v) is 8.34. The Kier molecular flexibility index (Phi) is 11.3. The Morgan fingerprint density at radius 3 is 2.17 bits per heavy atom. The molecule has 0 saturated heterocycles. The number of carbonyl (C=O) groups is 4. The van der Waals surface area contributed by atoms with Crippen LogP contribution in [0.5, 0.6) is 0 Å². The van der Waals surface area contributed by atoms with Crippen molar-refractivity contribution in [3.63, 3.8) is 0 Å². The van der Waals surface area contributed by atoms with Gasteiger partial charge >= 0.3 is 5.97 Å². The van der Waals surface area contributed by atoms with Gasteiger partial charge in [0.1, 0.15) is 24.2 Å². The summed E-state index contributed by atoms with van der Waals surface area (Å²) in [6.07, 6.45) is 2.90. The van der Waals surface area contributed by atoms with Gasteiger partial charge in [-0.15, -0.1) is 0 Å². The number of nitrogens with one attached hydrogen (secondary N) is 4. The third-order valence-electron chi connectivity index (χ3n) is 5.64. The average molecular weight is 507 g/mol. The van der Waals surface area contributed by atoms with E-state index in [1.54, 1.807) is 6.20 Å². The predicted octanol–water partition coefficient (Wildman–Crippen LogP) is -2.31. The molecule has 0 spiro atoms. The first-order valence-corrected chi connectivity index (χ1v) is 11.6. The number of benzene rings is 1. The molecule has 0 aliphatic carbocycles. The molecule has 11 N–H and O–H groups in total. The summed E-state index contributed by atoms with van der Waals surface area (Å²) in [6.45, 7) is -1.08. The van der Waals surface area contributed by atoms with E-state index in [1.807, 2.05) is 24.3 Å². The van der Waals surface area contributed by atoms with Gasteiger partial charge in [0, 0.05) is 23.5 Å². The molecule has 0 bridgehead atoms. The van der Waals surface area contributed by atoms with Crippen LogP contribution in [0.3, 0.4) is 0 Å². The Morgan fingerprint density at radius 2 is 1.53 bits per heavy atom. The molecule has 3 amide bonds. The van der Waals surface area contributed by atoms with Crippen LogP contribution >= 0.6 is 0 Å². The number of aliphatic hydroxyl groups is 2. The minimum absolute atomic E-state index is 0.00102. The second-order valence-electron chi connectivity index (χ2n) is 8.34. The molecule has 4 unspecified atom stereocenters. The van der Waals surface area contributed by atoms with E-state index < -0.39 is 61.1 Å². The van der Waals surface area contributed by atoms with Gasteiger partial charge in [-0.2, -0.15) is 0 Å². The summed E-state index contributed by atoms with van der Waals surface area (Å²) in [5.74, 6) is -3.72. The third-order valence-corrected chi connectivity index (χ3v) is 5.64. The number of carbonyl (C=O) groups excluding carboxylic acids is 3. The molecule has 1 aromatic carbocycles. The lowest BCUT2D eigenvalue weighted by Gasteiger charge is -2.24. The summed E-state index contributed by atoms with van der Waals surface area (Å²) in [5, 5.41) is 36.1. The van der Waals surface area contributed by atoms with Crippen molar-refractivity contribution >= 4 is 34.6 Å². The number of carboxylic acid groups (broad SMARTS) is 1. The minimum Gasteiger partial charge on any atom is -0.480 e. The quantitative estimate of drug-likeness (QED) is 0.118. The summed E-state index contributed by atoms with van der Waals surface area (Å²) < 4.78 is 0. The molecule has 0 aliphatic heterocycles. The zero-order chi connectivity index (χ0) is 26.7. The van der Waals surface area contributed by atoms with Crippen molar-refractivity contribution in [1.29, 1.82) is 0 Å². The van der Waals surface area contributed by atoms with E-state index in [2.05, 4.69) is 20.9 Å². The molecular weight excluding hydrogens is 472 g/mol. The molecule has 1 heterocycles. The van der Waals surface area contributed by atoms with Gasteiger partial charge in [0.15, 0.2) is 0 Å². The molecule has 0 fully saturated rings. The maximum atomic E-state index is 13.1. The molecule has 4 atom stereocenters. The highest BCUT2D eigenvalue weighted by Crippen LogP contribution is 2.19. The number of carboxylic acids is 1. The monoisotopic (exact) mass is 506 g/mol. The Labute approximate surface area is 207 Å². The lowest BCUT2D eigenvalue weighted by Crippen LogP contribution is -2.58. The normalized spacial score (nSPS) is 14.4. The number of para-hydroxylation sites is 1. The van der Waals surface area contributed by atoms with Crippen molar-refractivity contribution in [3.8, 4) is 0 Å². The van der Waals surface area contributed by atoms with Crippen LogP contribution in [0.4, 0.5) is 0 Å². The van der Waals surface area contributed by atoms with Crippen LogP contribution in [0.2, 0.25) is 0 Å². The summed E-state index contributed by atoms with van der Waals surface area (Å²) >= 11 is 0. The third kappa shape index (κ3) is 8.02. The fourth-order valence-electron chi connectivity index (χ4n) is 3.58. The Morgan fingerprint density at radius 1 is 0.889 bits per heavy atom. The zero-order valence-electron chi connectivity index (χ0n) is 19.8. The first kappa shape index (κ1) is 28.7. The number of fused-ring (bicyclic) bond motifs is 1. The number of hydrogen-bond donors (Lipinski definition) is 9. The minimum atomic E-state index is -1.45. The van der Waals surface area contributed by atoms with Gasteiger partial charge in [-0.05, 0) is 37.4 Å². The van der Waals surface area contributed by atoms with E-state index >= 15 is 0 Å². The number of aliphatic carboxylic acids is 1. The molecule has 0 saturated carbocycles. The lowest BCUT2D eigenvalue weighted by atomic mass is 10.0. The number of nitrogens with two attached hydrogens (primary N) is 2. The van der Waals surface area contributed by atoms with Crippen LogP contribution in [-0.4, -0.2) is 87.9 Å². The average Bonchev–Trinajstić information content (AvgIpc) is 3.28. The zero-order valence-corrected chi connectivity index (χ0v) is 19.8. The molecule has 36 heavy (non-hydrogen) atoms. The number of hydrogen-bond acceptors (Lipinski definition) is 8. The standard InChI is InChI=1S/C23H34N6O7/c24-8-4-3-7-17(23(35)36)27-21(33)18(9-13-10-26-16-6-2-1-5-14(13)16)28-22(34)19(12-31)29-20(32)15(25)11-30/h1-2,5-6,10,15,17-19,26,30-31H,3-4,7-9,11-12,24-25H2,(H,27,33)(H,28,34)(H,29,32)(H,35,36). The molecule has 2 aromatic rings. The van der Waals surface area contributed by atoms with Crippen LogP contribution in [0, 0.1) is 0 Å². The summed E-state index contributed by atoms with van der Waals surface area (Å²) in [5.41, 5.74) is 12.4. The molecule has 198 valence electrons. The van der Waals surface area contributed by atoms with Gasteiger partial charge < -0.3 is 47.7 Å². The van der Waals surface area contributed by atoms with Gasteiger partial charge in [-0.25, -0.2) is 4.79 Å². The Hall–Kier alpha value is -3.52. The highest BCUT2D eigenvalue weighted by Gasteiger charge is 2.30. The highest BCUT2D eigenvalue weighted by molar-refractivity contribution is 5.95. The van der Waals surface area contributed by atoms with E-state index in [0.717, 1.165) is 10.9 Å². The Balaban J connectivity index is 2.25. The number of aliphatic hydroxyl groups excluding tert-OH is 2. The molecule has 13 nitrogen and oxygen atoms in total. The summed E-state index contributed by atoms with van der Waals surface area (Å²) in [7, 11) is 0. The molecular formula is C23H34N6O7. The van der Waals surface area contributed by atoms with Crippen LogP contribution in [0.15, 0.2) is 30.5 Å². The van der Waals surface area contributed by atoms with Crippen molar-refractivity contribution in [2.24, 2.45) is 11.5 Å². The fraction of sp³-hybridized carbons (Fsp3) is 0.478. The van der Waals surface area contributed by atoms with Crippen molar-refractivity contribution in [2.75, 3.05) is 19.8 Å². The molecule has 0 aliphatic rings. The maximum absolute atomic E-state index is 13.1. The van der Waals surface area contributed by atoms with Crippen LogP contribution < -0.4 is 27.4 Å². The van der Waals surface area contributed by atoms with Gasteiger partial charge in [0.25, 0.3) is 0 Å². The Bertz CT molecular complexity index is 1040. The molecule has 0 radical (unpaired) electrons. The van der Waals surface area contributed by atoms with Gasteiger partial charge in [0.2, 0.25) is 17.7 Å². The van der Waals surface area contributed by atoms with Gasteiger partial charge in [0.05, 0.1) is 13.2 Å². The van der Waals surface area contributed by atoms with Gasteiger partial charge in [-0.1, -0.05) is 18.2 Å². The van der Waals surface area contributed by atoms with Crippen molar-refractivity contribution in [3.05, 3.63) is 36.0 Å².